The molecule has 2 aromatic heterocycles. The molecule has 1 atom stereocenters. The smallest absolute Gasteiger partial charge is 0.307 e. The van der Waals surface area contributed by atoms with Gasteiger partial charge in [0.15, 0.2) is 5.82 Å². The molecule has 42 heavy (non-hydrogen) atoms. The number of likely N-dealkylation sites (tertiary alicyclic amines) is 1. The normalized spacial score (nSPS) is 15.5. The van der Waals surface area contributed by atoms with E-state index in [-0.39, 0.29) is 18.9 Å². The number of carbonyl (C=O) groups excluding carboxylic acids is 1. The van der Waals surface area contributed by atoms with Crippen LogP contribution in [0.4, 0.5) is 5.82 Å². The molecule has 1 unspecified atom stereocenters. The highest BCUT2D eigenvalue weighted by molar-refractivity contribution is 6.06. The maximum Gasteiger partial charge on any atom is 0.307 e. The molecule has 0 aliphatic carbocycles. The van der Waals surface area contributed by atoms with Crippen molar-refractivity contribution in [3.63, 3.8) is 0 Å². The maximum absolute atomic E-state index is 13.6. The topological polar surface area (TPSA) is 138 Å². The Hall–Kier alpha value is -4.02. The number of unbranched alkanes of at least 4 members (excludes halogenated alkanes) is 1. The van der Waals surface area contributed by atoms with Crippen molar-refractivity contribution in [3.05, 3.63) is 65.5 Å². The average molecular weight is 573 g/mol. The third-order valence-electron chi connectivity index (χ3n) is 7.93. The number of hydrogen-bond donors (Lipinski definition) is 3. The van der Waals surface area contributed by atoms with Gasteiger partial charge in [-0.1, -0.05) is 55.8 Å². The van der Waals surface area contributed by atoms with E-state index >= 15 is 0 Å². The fourth-order valence-corrected chi connectivity index (χ4v) is 5.86. The molecule has 2 aromatic carbocycles. The van der Waals surface area contributed by atoms with Crippen molar-refractivity contribution in [1.29, 1.82) is 0 Å². The van der Waals surface area contributed by atoms with Crippen molar-refractivity contribution >= 4 is 39.6 Å². The number of aliphatic hydroxyl groups is 1. The van der Waals surface area contributed by atoms with Gasteiger partial charge in [0.25, 0.3) is 0 Å². The van der Waals surface area contributed by atoms with Crippen LogP contribution >= 0.6 is 0 Å². The summed E-state index contributed by atoms with van der Waals surface area (Å²) in [5, 5.41) is 20.2. The van der Waals surface area contributed by atoms with Crippen LogP contribution in [0.3, 0.4) is 0 Å². The zero-order chi connectivity index (χ0) is 29.6. The number of aliphatic hydroxyl groups excluding tert-OH is 1. The number of imidazole rings is 1. The van der Waals surface area contributed by atoms with Gasteiger partial charge >= 0.3 is 5.97 Å². The lowest BCUT2D eigenvalue weighted by Crippen LogP contribution is -2.40. The van der Waals surface area contributed by atoms with Crippen LogP contribution in [0.1, 0.15) is 49.6 Å². The Bertz CT molecular complexity index is 1570. The number of carboxylic acid groups (broad SMARTS) is 1. The Morgan fingerprint density at radius 1 is 1.10 bits per heavy atom. The van der Waals surface area contributed by atoms with Gasteiger partial charge in [-0.3, -0.25) is 14.5 Å². The Labute approximate surface area is 245 Å². The summed E-state index contributed by atoms with van der Waals surface area (Å²) in [5.41, 5.74) is 10.5. The quantitative estimate of drug-likeness (QED) is 0.221. The van der Waals surface area contributed by atoms with Crippen LogP contribution in [0.15, 0.2) is 48.5 Å². The molecule has 1 aliphatic rings. The molecule has 0 saturated carbocycles. The molecular formula is C32H40N6O4. The van der Waals surface area contributed by atoms with E-state index in [4.69, 9.17) is 10.7 Å². The van der Waals surface area contributed by atoms with Crippen LogP contribution in [0.25, 0.3) is 21.9 Å². The molecule has 0 bridgehead atoms. The van der Waals surface area contributed by atoms with Gasteiger partial charge in [0.1, 0.15) is 11.3 Å². The molecule has 1 amide bonds. The summed E-state index contributed by atoms with van der Waals surface area (Å²) < 4.78 is 2.25. The maximum atomic E-state index is 13.6. The van der Waals surface area contributed by atoms with E-state index in [0.717, 1.165) is 52.6 Å². The Morgan fingerprint density at radius 2 is 1.90 bits per heavy atom. The summed E-state index contributed by atoms with van der Waals surface area (Å²) in [6.45, 7) is 5.16. The summed E-state index contributed by atoms with van der Waals surface area (Å²) in [7, 11) is 0. The zero-order valence-corrected chi connectivity index (χ0v) is 24.2. The molecule has 0 radical (unpaired) electrons. The van der Waals surface area contributed by atoms with Gasteiger partial charge in [-0.2, -0.15) is 0 Å². The van der Waals surface area contributed by atoms with Crippen molar-refractivity contribution in [2.75, 3.05) is 31.9 Å². The number of benzene rings is 2. The van der Waals surface area contributed by atoms with Gasteiger partial charge in [0.2, 0.25) is 5.91 Å². The molecule has 1 saturated heterocycles. The van der Waals surface area contributed by atoms with Crippen LogP contribution in [0.5, 0.6) is 0 Å². The molecule has 10 heteroatoms. The second-order valence-electron chi connectivity index (χ2n) is 11.2. The first-order chi connectivity index (χ1) is 20.3. The van der Waals surface area contributed by atoms with E-state index in [1.54, 1.807) is 6.07 Å². The number of aliphatic carboxylic acids is 1. The minimum atomic E-state index is -0.887. The molecule has 1 fully saturated rings. The molecule has 0 spiro atoms. The molecule has 5 rings (SSSR count). The highest BCUT2D eigenvalue weighted by Gasteiger charge is 2.25. The number of nitrogens with zero attached hydrogens (tertiary/aromatic N) is 5. The Kier molecular flexibility index (Phi) is 9.34. The fourth-order valence-electron chi connectivity index (χ4n) is 5.86. The summed E-state index contributed by atoms with van der Waals surface area (Å²) in [6.07, 6.45) is 3.80. The predicted octanol–water partition coefficient (Wildman–Crippen LogP) is 3.62. The highest BCUT2D eigenvalue weighted by Crippen LogP contribution is 2.29. The lowest BCUT2D eigenvalue weighted by atomic mass is 10.1. The monoisotopic (exact) mass is 572 g/mol. The highest BCUT2D eigenvalue weighted by atomic mass is 16.4. The number of para-hydroxylation sites is 1. The lowest BCUT2D eigenvalue weighted by molar-refractivity contribution is -0.136. The Balaban J connectivity index is 1.40. The van der Waals surface area contributed by atoms with Crippen molar-refractivity contribution in [2.24, 2.45) is 0 Å². The van der Waals surface area contributed by atoms with Crippen LogP contribution in [0, 0.1) is 0 Å². The summed E-state index contributed by atoms with van der Waals surface area (Å²) >= 11 is 0. The number of nitrogen functional groups attached to an aromatic ring is 1. The van der Waals surface area contributed by atoms with Crippen LogP contribution in [-0.2, 0) is 35.5 Å². The van der Waals surface area contributed by atoms with Crippen molar-refractivity contribution in [3.8, 4) is 0 Å². The Morgan fingerprint density at radius 3 is 2.67 bits per heavy atom. The van der Waals surface area contributed by atoms with E-state index in [9.17, 15) is 19.8 Å². The number of aryl methyl sites for hydroxylation is 2. The summed E-state index contributed by atoms with van der Waals surface area (Å²) in [5.74, 6) is 0.504. The van der Waals surface area contributed by atoms with Gasteiger partial charge in [-0.15, -0.1) is 0 Å². The SMILES string of the molecule is CCCCc1nc2c(N)nc3ccccc3c2n1CCCN(Cc1cccc(CC(=O)O)c1)C(=O)CN1CCC(O)C1. The first-order valence-electron chi connectivity index (χ1n) is 14.8. The second-order valence-corrected chi connectivity index (χ2v) is 11.2. The number of pyridine rings is 1. The van der Waals surface area contributed by atoms with E-state index in [0.29, 0.717) is 56.9 Å². The van der Waals surface area contributed by atoms with Gasteiger partial charge in [-0.05, 0) is 36.5 Å². The number of hydrogen-bond acceptors (Lipinski definition) is 7. The average Bonchev–Trinajstić information content (AvgIpc) is 3.54. The molecule has 10 nitrogen and oxygen atoms in total. The predicted molar refractivity (Wildman–Crippen MR) is 163 cm³/mol. The van der Waals surface area contributed by atoms with Crippen LogP contribution in [0.2, 0.25) is 0 Å². The number of carbonyl (C=O) groups is 2. The number of fused-ring (bicyclic) bond motifs is 3. The van der Waals surface area contributed by atoms with Crippen LogP contribution < -0.4 is 5.73 Å². The van der Waals surface area contributed by atoms with Crippen molar-refractivity contribution in [2.45, 2.75) is 64.6 Å². The van der Waals surface area contributed by atoms with Gasteiger partial charge in [-0.25, -0.2) is 9.97 Å². The lowest BCUT2D eigenvalue weighted by Gasteiger charge is -2.26. The molecule has 4 aromatic rings. The number of nitrogens with two attached hydrogens (primary N) is 1. The van der Waals surface area contributed by atoms with Crippen LogP contribution in [-0.4, -0.2) is 78.7 Å². The minimum absolute atomic E-state index is 0.00618. The van der Waals surface area contributed by atoms with Gasteiger partial charge in [0, 0.05) is 44.5 Å². The zero-order valence-electron chi connectivity index (χ0n) is 24.2. The summed E-state index contributed by atoms with van der Waals surface area (Å²) in [4.78, 5) is 38.2. The molecule has 222 valence electrons. The van der Waals surface area contributed by atoms with Crippen molar-refractivity contribution in [1.82, 2.24) is 24.3 Å². The number of amides is 1. The minimum Gasteiger partial charge on any atom is -0.481 e. The van der Waals surface area contributed by atoms with E-state index < -0.39 is 12.1 Å². The van der Waals surface area contributed by atoms with E-state index in [1.807, 2.05) is 46.2 Å². The molecule has 4 N–H and O–H groups in total. The molecular weight excluding hydrogens is 532 g/mol. The molecule has 3 heterocycles. The number of rotatable bonds is 13. The fraction of sp³-hybridized carbons (Fsp3) is 0.438. The second kappa shape index (κ2) is 13.3. The number of aromatic nitrogens is 3. The standard InChI is InChI=1S/C32H40N6O4/c1-2-3-12-27-35-30-31(25-10-4-5-11-26(25)34-32(30)33)38(27)15-7-14-37(28(40)21-36-16-13-24(39)20-36)19-23-9-6-8-22(17-23)18-29(41)42/h4-6,8-11,17,24,39H,2-3,7,12-16,18-21H2,1H3,(H2,33,34)(H,41,42). The molecule has 1 aliphatic heterocycles. The largest absolute Gasteiger partial charge is 0.481 e. The number of anilines is 1. The third-order valence-corrected chi connectivity index (χ3v) is 7.93. The van der Waals surface area contributed by atoms with E-state index in [2.05, 4.69) is 22.5 Å². The van der Waals surface area contributed by atoms with Gasteiger partial charge in [0.05, 0.1) is 30.1 Å². The first-order valence-corrected chi connectivity index (χ1v) is 14.8. The third kappa shape index (κ3) is 6.88. The first kappa shape index (κ1) is 29.5. The van der Waals surface area contributed by atoms with Gasteiger partial charge < -0.3 is 25.4 Å². The number of β-amino-alcohol motifs (C(OH)–C–C–N with tert-alkyl or cyclic N) is 1. The number of carboxylic acids is 1. The summed E-state index contributed by atoms with van der Waals surface area (Å²) in [6, 6.07) is 15.4. The van der Waals surface area contributed by atoms with E-state index in [1.165, 1.54) is 0 Å². The van der Waals surface area contributed by atoms with Crippen molar-refractivity contribution < 1.29 is 19.8 Å².